The Labute approximate surface area is 154 Å². The summed E-state index contributed by atoms with van der Waals surface area (Å²) in [4.78, 5) is 8.27. The van der Waals surface area contributed by atoms with Gasteiger partial charge in [0.25, 0.3) is 0 Å². The van der Waals surface area contributed by atoms with E-state index in [1.807, 2.05) is 52.0 Å². The lowest BCUT2D eigenvalue weighted by molar-refractivity contribution is -0.955. The number of aromatic nitrogens is 2. The van der Waals surface area contributed by atoms with Crippen molar-refractivity contribution in [3.8, 4) is 22.3 Å². The predicted octanol–water partition coefficient (Wildman–Crippen LogP) is 3.68. The lowest BCUT2D eigenvalue weighted by atomic mass is 9.80. The average molecular weight is 345 g/mol. The van der Waals surface area contributed by atoms with Gasteiger partial charge < -0.3 is 10.3 Å². The highest BCUT2D eigenvalue weighted by atomic mass is 16.5. The molecular formula is C22H23N3O. The molecule has 3 heterocycles. The Morgan fingerprint density at radius 1 is 0.654 bits per heavy atom. The van der Waals surface area contributed by atoms with Crippen LogP contribution in [0.3, 0.4) is 0 Å². The Morgan fingerprint density at radius 3 is 1.35 bits per heavy atom. The van der Waals surface area contributed by atoms with Crippen LogP contribution < -0.4 is 5.06 Å². The second kappa shape index (κ2) is 5.73. The average Bonchev–Trinajstić information content (AvgIpc) is 2.81. The second-order valence-corrected chi connectivity index (χ2v) is 7.96. The van der Waals surface area contributed by atoms with Crippen molar-refractivity contribution in [3.63, 3.8) is 0 Å². The molecule has 0 amide bonds. The molecule has 0 saturated heterocycles. The van der Waals surface area contributed by atoms with Gasteiger partial charge >= 0.3 is 0 Å². The lowest BCUT2D eigenvalue weighted by Gasteiger charge is -2.41. The van der Waals surface area contributed by atoms with Crippen molar-refractivity contribution in [3.05, 3.63) is 77.5 Å². The van der Waals surface area contributed by atoms with E-state index in [-0.39, 0.29) is 5.06 Å². The van der Waals surface area contributed by atoms with E-state index in [1.54, 1.807) is 24.8 Å². The number of rotatable bonds is 2. The van der Waals surface area contributed by atoms with Crippen LogP contribution in [0.5, 0.6) is 0 Å². The number of quaternary nitrogens is 1. The Hall–Kier alpha value is -2.56. The summed E-state index contributed by atoms with van der Waals surface area (Å²) in [6.07, 6.45) is 7.20. The Morgan fingerprint density at radius 2 is 1.00 bits per heavy atom. The zero-order chi connectivity index (χ0) is 18.5. The van der Waals surface area contributed by atoms with Crippen molar-refractivity contribution >= 4 is 0 Å². The maximum Gasteiger partial charge on any atom is 0.119 e. The number of pyridine rings is 2. The third-order valence-electron chi connectivity index (χ3n) is 5.57. The van der Waals surface area contributed by atoms with E-state index in [9.17, 15) is 5.21 Å². The van der Waals surface area contributed by atoms with Gasteiger partial charge in [-0.15, -0.1) is 0 Å². The van der Waals surface area contributed by atoms with Gasteiger partial charge in [-0.1, -0.05) is 12.1 Å². The number of hydroxylamine groups is 2. The van der Waals surface area contributed by atoms with Gasteiger partial charge in [0.1, 0.15) is 11.1 Å². The minimum atomic E-state index is -0.541. The van der Waals surface area contributed by atoms with Crippen LogP contribution in [0, 0.1) is 5.21 Å². The van der Waals surface area contributed by atoms with Gasteiger partial charge in [-0.05, 0) is 74.2 Å². The van der Waals surface area contributed by atoms with Crippen LogP contribution in [0.4, 0.5) is 0 Å². The van der Waals surface area contributed by atoms with Crippen LogP contribution in [0.2, 0.25) is 0 Å². The van der Waals surface area contributed by atoms with Crippen LogP contribution in [-0.2, 0) is 11.1 Å². The maximum absolute atomic E-state index is 13.3. The first-order chi connectivity index (χ1) is 12.3. The third kappa shape index (κ3) is 2.30. The quantitative estimate of drug-likeness (QED) is 0.721. The molecule has 4 heteroatoms. The summed E-state index contributed by atoms with van der Waals surface area (Å²) in [7, 11) is 0. The first kappa shape index (κ1) is 16.9. The summed E-state index contributed by atoms with van der Waals surface area (Å²) < 4.78 is 0. The third-order valence-corrected chi connectivity index (χ3v) is 5.57. The van der Waals surface area contributed by atoms with E-state index in [0.29, 0.717) is 0 Å². The first-order valence-corrected chi connectivity index (χ1v) is 8.89. The summed E-state index contributed by atoms with van der Waals surface area (Å²) in [6, 6.07) is 12.3. The molecule has 0 aliphatic carbocycles. The molecule has 1 N–H and O–H groups in total. The Balaban J connectivity index is 2.09. The van der Waals surface area contributed by atoms with Crippen LogP contribution >= 0.6 is 0 Å². The highest BCUT2D eigenvalue weighted by Crippen LogP contribution is 2.46. The second-order valence-electron chi connectivity index (χ2n) is 7.96. The monoisotopic (exact) mass is 345 g/mol. The number of nitrogens with one attached hydrogen (secondary N) is 1. The van der Waals surface area contributed by atoms with Crippen molar-refractivity contribution in [1.82, 2.24) is 9.97 Å². The summed E-state index contributed by atoms with van der Waals surface area (Å²) >= 11 is 0. The van der Waals surface area contributed by atoms with Crippen LogP contribution in [0.1, 0.15) is 38.8 Å². The molecule has 0 bridgehead atoms. The number of hydrogen-bond donors (Lipinski definition) is 1. The van der Waals surface area contributed by atoms with E-state index in [2.05, 4.69) is 22.1 Å². The topological polar surface area (TPSA) is 53.3 Å². The largest absolute Gasteiger partial charge is 0.633 e. The van der Waals surface area contributed by atoms with Gasteiger partial charge in [0.15, 0.2) is 0 Å². The molecule has 1 aliphatic heterocycles. The van der Waals surface area contributed by atoms with Gasteiger partial charge in [-0.2, -0.15) is 0 Å². The number of fused-ring (bicyclic) bond motifs is 1. The van der Waals surface area contributed by atoms with Crippen molar-refractivity contribution in [2.75, 3.05) is 0 Å². The molecular weight excluding hydrogens is 322 g/mol. The highest BCUT2D eigenvalue weighted by molar-refractivity contribution is 5.79. The molecule has 0 fully saturated rings. The van der Waals surface area contributed by atoms with Crippen molar-refractivity contribution in [2.24, 2.45) is 0 Å². The van der Waals surface area contributed by atoms with Gasteiger partial charge in [0.05, 0.1) is 0 Å². The fourth-order valence-corrected chi connectivity index (χ4v) is 4.45. The lowest BCUT2D eigenvalue weighted by Crippen LogP contribution is -3.17. The molecule has 0 radical (unpaired) electrons. The molecule has 2 aromatic heterocycles. The molecule has 0 atom stereocenters. The van der Waals surface area contributed by atoms with Crippen molar-refractivity contribution in [1.29, 1.82) is 0 Å². The summed E-state index contributed by atoms with van der Waals surface area (Å²) in [5.74, 6) is 0. The summed E-state index contributed by atoms with van der Waals surface area (Å²) in [6.45, 7) is 8.18. The SMILES string of the molecule is CC1(C)c2c(-c3ccncc3)ccc(-c3ccncc3)c2C(C)(C)[NH+]1[O-]. The molecule has 26 heavy (non-hydrogen) atoms. The van der Waals surface area contributed by atoms with Gasteiger partial charge in [-0.25, -0.2) is 0 Å². The molecule has 0 unspecified atom stereocenters. The van der Waals surface area contributed by atoms with E-state index < -0.39 is 11.1 Å². The normalized spacial score (nSPS) is 17.9. The smallest absolute Gasteiger partial charge is 0.119 e. The minimum Gasteiger partial charge on any atom is -0.633 e. The number of hydrogen-bond acceptors (Lipinski definition) is 3. The summed E-state index contributed by atoms with van der Waals surface area (Å²) in [5.41, 5.74) is 5.60. The molecule has 132 valence electrons. The molecule has 0 spiro atoms. The molecule has 4 rings (SSSR count). The van der Waals surface area contributed by atoms with E-state index in [4.69, 9.17) is 0 Å². The van der Waals surface area contributed by atoms with Crippen molar-refractivity contribution < 1.29 is 5.06 Å². The van der Waals surface area contributed by atoms with Crippen LogP contribution in [-0.4, -0.2) is 9.97 Å². The zero-order valence-electron chi connectivity index (χ0n) is 15.6. The van der Waals surface area contributed by atoms with Crippen LogP contribution in [0.15, 0.2) is 61.2 Å². The molecule has 0 saturated carbocycles. The fraction of sp³-hybridized carbons (Fsp3) is 0.273. The molecule has 3 aromatic rings. The Bertz CT molecular complexity index is 871. The van der Waals surface area contributed by atoms with E-state index in [1.165, 1.54) is 0 Å². The molecule has 1 aromatic carbocycles. The maximum atomic E-state index is 13.3. The first-order valence-electron chi connectivity index (χ1n) is 8.89. The van der Waals surface area contributed by atoms with Gasteiger partial charge in [0.2, 0.25) is 0 Å². The minimum absolute atomic E-state index is 0.261. The van der Waals surface area contributed by atoms with Gasteiger partial charge in [0, 0.05) is 35.9 Å². The van der Waals surface area contributed by atoms with Crippen LogP contribution in [0.25, 0.3) is 22.3 Å². The standard InChI is InChI=1S/C22H23N3O/c1-21(2)19-17(15-7-11-23-12-8-15)5-6-18(16-9-13-24-14-10-16)20(19)22(3,4)25(21)26/h5-14,25H,1-4H3. The van der Waals surface area contributed by atoms with Crippen molar-refractivity contribution in [2.45, 2.75) is 38.8 Å². The number of nitrogens with zero attached hydrogens (tertiary/aromatic N) is 2. The van der Waals surface area contributed by atoms with E-state index in [0.717, 1.165) is 33.4 Å². The predicted molar refractivity (Wildman–Crippen MR) is 103 cm³/mol. The molecule has 4 nitrogen and oxygen atoms in total. The highest BCUT2D eigenvalue weighted by Gasteiger charge is 2.52. The summed E-state index contributed by atoms with van der Waals surface area (Å²) in [5, 5.41) is 13.6. The van der Waals surface area contributed by atoms with E-state index >= 15 is 0 Å². The fourth-order valence-electron chi connectivity index (χ4n) is 4.45. The molecule has 1 aliphatic rings. The zero-order valence-corrected chi connectivity index (χ0v) is 15.6. The number of benzene rings is 1. The van der Waals surface area contributed by atoms with Gasteiger partial charge in [-0.3, -0.25) is 9.97 Å². The Kier molecular flexibility index (Phi) is 3.72.